The van der Waals surface area contributed by atoms with Gasteiger partial charge < -0.3 is 4.98 Å². The van der Waals surface area contributed by atoms with Gasteiger partial charge in [-0.25, -0.2) is 4.98 Å². The minimum absolute atomic E-state index is 0.454. The molecule has 0 fully saturated rings. The molecule has 4 heteroatoms. The zero-order chi connectivity index (χ0) is 9.97. The van der Waals surface area contributed by atoms with Crippen LogP contribution in [0.25, 0.3) is 11.4 Å². The van der Waals surface area contributed by atoms with Gasteiger partial charge in [0.2, 0.25) is 0 Å². The molecule has 0 saturated carbocycles. The van der Waals surface area contributed by atoms with Gasteiger partial charge in [0, 0.05) is 10.6 Å². The van der Waals surface area contributed by atoms with E-state index in [1.54, 1.807) is 12.1 Å². The fourth-order valence-corrected chi connectivity index (χ4v) is 1.26. The van der Waals surface area contributed by atoms with Gasteiger partial charge in [0.25, 0.3) is 0 Å². The van der Waals surface area contributed by atoms with Crippen LogP contribution in [0, 0.1) is 11.3 Å². The van der Waals surface area contributed by atoms with Crippen molar-refractivity contribution in [1.82, 2.24) is 9.97 Å². The maximum atomic E-state index is 8.60. The summed E-state index contributed by atoms with van der Waals surface area (Å²) in [5.74, 6) is 0.679. The van der Waals surface area contributed by atoms with Crippen LogP contribution in [-0.2, 0) is 0 Å². The van der Waals surface area contributed by atoms with Gasteiger partial charge in [-0.3, -0.25) is 0 Å². The molecule has 1 heterocycles. The van der Waals surface area contributed by atoms with Gasteiger partial charge in [-0.05, 0) is 24.3 Å². The number of aromatic amines is 1. The summed E-state index contributed by atoms with van der Waals surface area (Å²) >= 11 is 5.75. The third-order valence-corrected chi connectivity index (χ3v) is 2.07. The fourth-order valence-electron chi connectivity index (χ4n) is 1.13. The first-order valence-corrected chi connectivity index (χ1v) is 4.38. The van der Waals surface area contributed by atoms with Gasteiger partial charge in [-0.2, -0.15) is 5.26 Å². The Bertz CT molecular complexity index is 479. The molecular formula is C10H6ClN3. The van der Waals surface area contributed by atoms with Crippen LogP contribution in [0.5, 0.6) is 0 Å². The summed E-state index contributed by atoms with van der Waals surface area (Å²) in [4.78, 5) is 6.95. The zero-order valence-electron chi connectivity index (χ0n) is 7.16. The summed E-state index contributed by atoms with van der Waals surface area (Å²) in [7, 11) is 0. The van der Waals surface area contributed by atoms with E-state index in [1.165, 1.54) is 6.20 Å². The van der Waals surface area contributed by atoms with Gasteiger partial charge in [-0.15, -0.1) is 0 Å². The van der Waals surface area contributed by atoms with E-state index in [0.29, 0.717) is 16.5 Å². The van der Waals surface area contributed by atoms with Crippen LogP contribution >= 0.6 is 11.6 Å². The predicted molar refractivity (Wildman–Crippen MR) is 53.7 cm³/mol. The van der Waals surface area contributed by atoms with Crippen molar-refractivity contribution >= 4 is 11.6 Å². The third-order valence-electron chi connectivity index (χ3n) is 1.81. The molecule has 0 spiro atoms. The number of benzene rings is 1. The van der Waals surface area contributed by atoms with Crippen molar-refractivity contribution in [2.75, 3.05) is 0 Å². The smallest absolute Gasteiger partial charge is 0.138 e. The molecule has 0 aliphatic carbocycles. The van der Waals surface area contributed by atoms with Gasteiger partial charge in [-0.1, -0.05) is 11.6 Å². The average molecular weight is 204 g/mol. The lowest BCUT2D eigenvalue weighted by atomic mass is 10.2. The van der Waals surface area contributed by atoms with E-state index >= 15 is 0 Å². The maximum Gasteiger partial charge on any atom is 0.138 e. The largest absolute Gasteiger partial charge is 0.330 e. The second-order valence-corrected chi connectivity index (χ2v) is 3.20. The lowest BCUT2D eigenvalue weighted by molar-refractivity contribution is 1.29. The fraction of sp³-hybridized carbons (Fsp3) is 0. The first-order chi connectivity index (χ1) is 6.79. The molecule has 0 amide bonds. The summed E-state index contributed by atoms with van der Waals surface area (Å²) in [5.41, 5.74) is 1.37. The molecule has 0 radical (unpaired) electrons. The minimum Gasteiger partial charge on any atom is -0.330 e. The minimum atomic E-state index is 0.454. The van der Waals surface area contributed by atoms with E-state index < -0.39 is 0 Å². The molecule has 2 rings (SSSR count). The number of halogens is 1. The molecule has 0 unspecified atom stereocenters. The van der Waals surface area contributed by atoms with Gasteiger partial charge in [0.1, 0.15) is 17.6 Å². The van der Waals surface area contributed by atoms with Crippen molar-refractivity contribution in [2.45, 2.75) is 0 Å². The van der Waals surface area contributed by atoms with Gasteiger partial charge >= 0.3 is 0 Å². The van der Waals surface area contributed by atoms with Gasteiger partial charge in [0.05, 0.1) is 6.20 Å². The number of H-pyrrole nitrogens is 1. The Morgan fingerprint density at radius 1 is 1.29 bits per heavy atom. The maximum absolute atomic E-state index is 8.60. The Hall–Kier alpha value is -1.79. The van der Waals surface area contributed by atoms with E-state index in [2.05, 4.69) is 9.97 Å². The van der Waals surface area contributed by atoms with Crippen LogP contribution in [-0.4, -0.2) is 9.97 Å². The van der Waals surface area contributed by atoms with E-state index in [1.807, 2.05) is 18.2 Å². The Morgan fingerprint density at radius 2 is 2.00 bits per heavy atom. The van der Waals surface area contributed by atoms with Crippen molar-refractivity contribution < 1.29 is 0 Å². The molecule has 1 N–H and O–H groups in total. The first-order valence-electron chi connectivity index (χ1n) is 4.00. The number of aromatic nitrogens is 2. The second-order valence-electron chi connectivity index (χ2n) is 2.76. The van der Waals surface area contributed by atoms with Crippen LogP contribution in [0.2, 0.25) is 5.02 Å². The first kappa shape index (κ1) is 8.79. The zero-order valence-corrected chi connectivity index (χ0v) is 7.92. The average Bonchev–Trinajstić information content (AvgIpc) is 2.67. The van der Waals surface area contributed by atoms with E-state index in [0.717, 1.165) is 5.56 Å². The molecule has 0 aliphatic rings. The molecule has 0 atom stereocenters. The van der Waals surface area contributed by atoms with E-state index in [9.17, 15) is 0 Å². The Kier molecular flexibility index (Phi) is 2.21. The van der Waals surface area contributed by atoms with Crippen LogP contribution < -0.4 is 0 Å². The number of nitriles is 1. The highest BCUT2D eigenvalue weighted by Gasteiger charge is 2.01. The highest BCUT2D eigenvalue weighted by Crippen LogP contribution is 2.18. The van der Waals surface area contributed by atoms with Crippen molar-refractivity contribution in [1.29, 1.82) is 5.26 Å². The molecule has 1 aromatic carbocycles. The van der Waals surface area contributed by atoms with Crippen molar-refractivity contribution in [2.24, 2.45) is 0 Å². The highest BCUT2D eigenvalue weighted by atomic mass is 35.5. The Labute approximate surface area is 86.0 Å². The Balaban J connectivity index is 2.40. The van der Waals surface area contributed by atoms with Crippen LogP contribution in [0.4, 0.5) is 0 Å². The van der Waals surface area contributed by atoms with Crippen LogP contribution in [0.15, 0.2) is 30.5 Å². The topological polar surface area (TPSA) is 52.5 Å². The number of imidazole rings is 1. The molecule has 68 valence electrons. The van der Waals surface area contributed by atoms with E-state index in [4.69, 9.17) is 16.9 Å². The Morgan fingerprint density at radius 3 is 2.57 bits per heavy atom. The molecule has 0 saturated heterocycles. The van der Waals surface area contributed by atoms with Crippen LogP contribution in [0.1, 0.15) is 5.69 Å². The predicted octanol–water partition coefficient (Wildman–Crippen LogP) is 2.60. The van der Waals surface area contributed by atoms with E-state index in [-0.39, 0.29) is 0 Å². The standard InChI is InChI=1S/C10H6ClN3/c11-8-3-1-7(2-4-8)10-13-6-9(5-12)14-10/h1-4,6H,(H,13,14). The lowest BCUT2D eigenvalue weighted by Gasteiger charge is -1.95. The normalized spacial score (nSPS) is 9.71. The third kappa shape index (κ3) is 1.61. The number of nitrogens with zero attached hydrogens (tertiary/aromatic N) is 2. The monoisotopic (exact) mass is 203 g/mol. The molecule has 0 aliphatic heterocycles. The quantitative estimate of drug-likeness (QED) is 0.775. The molecule has 2 aromatic rings. The van der Waals surface area contributed by atoms with Gasteiger partial charge in [0.15, 0.2) is 0 Å². The molecule has 14 heavy (non-hydrogen) atoms. The summed E-state index contributed by atoms with van der Waals surface area (Å²) in [5, 5.41) is 9.28. The summed E-state index contributed by atoms with van der Waals surface area (Å²) < 4.78 is 0. The number of hydrogen-bond donors (Lipinski definition) is 1. The molecule has 3 nitrogen and oxygen atoms in total. The molecule has 1 aromatic heterocycles. The number of rotatable bonds is 1. The van der Waals surface area contributed by atoms with Crippen molar-refractivity contribution in [3.8, 4) is 17.5 Å². The number of hydrogen-bond acceptors (Lipinski definition) is 2. The highest BCUT2D eigenvalue weighted by molar-refractivity contribution is 6.30. The van der Waals surface area contributed by atoms with Crippen LogP contribution in [0.3, 0.4) is 0 Å². The SMILES string of the molecule is N#Cc1cnc(-c2ccc(Cl)cc2)[nH]1. The summed E-state index contributed by atoms with van der Waals surface area (Å²) in [6, 6.07) is 9.25. The van der Waals surface area contributed by atoms with Crippen molar-refractivity contribution in [3.05, 3.63) is 41.2 Å². The summed E-state index contributed by atoms with van der Waals surface area (Å²) in [6.07, 6.45) is 1.50. The lowest BCUT2D eigenvalue weighted by Crippen LogP contribution is -1.79. The molecular weight excluding hydrogens is 198 g/mol. The number of nitrogens with one attached hydrogen (secondary N) is 1. The second kappa shape index (κ2) is 3.52. The summed E-state index contributed by atoms with van der Waals surface area (Å²) in [6.45, 7) is 0. The molecule has 0 bridgehead atoms. The van der Waals surface area contributed by atoms with Crippen molar-refractivity contribution in [3.63, 3.8) is 0 Å².